The molecule has 1 saturated heterocycles. The van der Waals surface area contributed by atoms with Crippen LogP contribution in [0, 0.1) is 17.3 Å². The average molecular weight is 483 g/mol. The Morgan fingerprint density at radius 1 is 1.00 bits per heavy atom. The van der Waals surface area contributed by atoms with Crippen molar-refractivity contribution in [1.29, 1.82) is 0 Å². The minimum atomic E-state index is -0.314. The monoisotopic (exact) mass is 482 g/mol. The second-order valence-corrected chi connectivity index (χ2v) is 11.7. The number of carbonyl (C=O) groups excluding carboxylic acids is 1. The minimum absolute atomic E-state index is 0.220. The molecule has 3 heterocycles. The maximum absolute atomic E-state index is 13.9. The molecule has 4 bridgehead atoms. The number of hydrogen-bond acceptors (Lipinski definition) is 5. The molecule has 4 aliphatic carbocycles. The summed E-state index contributed by atoms with van der Waals surface area (Å²) >= 11 is 0. The van der Waals surface area contributed by atoms with Gasteiger partial charge in [-0.05, 0) is 63.2 Å². The molecule has 9 heteroatoms. The topological polar surface area (TPSA) is 105 Å². The van der Waals surface area contributed by atoms with Crippen LogP contribution in [-0.4, -0.2) is 56.1 Å². The minimum Gasteiger partial charge on any atom is -0.340 e. The molecule has 4 saturated carbocycles. The van der Waals surface area contributed by atoms with E-state index in [-0.39, 0.29) is 22.1 Å². The Hall–Kier alpha value is -2.42. The molecule has 0 spiro atoms. The smallest absolute Gasteiger partial charge is 0.332 e. The fraction of sp³-hybridized carbons (Fsp3) is 0.769. The van der Waals surface area contributed by atoms with Gasteiger partial charge in [-0.25, -0.2) is 9.78 Å². The second kappa shape index (κ2) is 8.32. The van der Waals surface area contributed by atoms with E-state index in [0.29, 0.717) is 42.0 Å². The first-order valence-corrected chi connectivity index (χ1v) is 13.6. The standard InChI is InChI=1S/C26H38N6O3/c1-3-7-31-20-19(21(33)32(8-4-2)24(31)35)28-22(29-20)25-12-17-11-18(13-25)15-26(14-17,16-25)23(34)30-9-5-27-6-10-30/h17-18,27H,3-16H2,1-2H3,(H,28,29). The number of hydrogen-bond donors (Lipinski definition) is 2. The molecule has 1 aliphatic heterocycles. The fourth-order valence-electron chi connectivity index (χ4n) is 8.26. The fourth-order valence-corrected chi connectivity index (χ4v) is 8.26. The van der Waals surface area contributed by atoms with Crippen molar-refractivity contribution in [2.24, 2.45) is 17.3 Å². The zero-order valence-electron chi connectivity index (χ0n) is 21.1. The average Bonchev–Trinajstić information content (AvgIpc) is 3.30. The van der Waals surface area contributed by atoms with E-state index in [0.717, 1.165) is 76.9 Å². The largest absolute Gasteiger partial charge is 0.340 e. The quantitative estimate of drug-likeness (QED) is 0.655. The van der Waals surface area contributed by atoms with Gasteiger partial charge < -0.3 is 15.2 Å². The SMILES string of the molecule is CCCn1c(=O)c2[nH]c(C34CC5CC(CC(C(=O)N6CCNCC6)(C5)C3)C4)nc2n(CCC)c1=O. The highest BCUT2D eigenvalue weighted by Crippen LogP contribution is 2.65. The van der Waals surface area contributed by atoms with Crippen molar-refractivity contribution in [3.63, 3.8) is 0 Å². The number of nitrogens with zero attached hydrogens (tertiary/aromatic N) is 4. The Kier molecular flexibility index (Phi) is 5.47. The Morgan fingerprint density at radius 3 is 2.31 bits per heavy atom. The van der Waals surface area contributed by atoms with Crippen LogP contribution in [0.5, 0.6) is 0 Å². The Morgan fingerprint density at radius 2 is 1.66 bits per heavy atom. The number of nitrogens with one attached hydrogen (secondary N) is 2. The van der Waals surface area contributed by atoms with Crippen molar-refractivity contribution in [3.05, 3.63) is 26.7 Å². The zero-order chi connectivity index (χ0) is 24.4. The lowest BCUT2D eigenvalue weighted by atomic mass is 9.43. The van der Waals surface area contributed by atoms with Gasteiger partial charge in [0.1, 0.15) is 11.3 Å². The van der Waals surface area contributed by atoms with E-state index in [1.165, 1.54) is 11.0 Å². The molecule has 9 nitrogen and oxygen atoms in total. The van der Waals surface area contributed by atoms with Crippen molar-refractivity contribution in [3.8, 4) is 0 Å². The van der Waals surface area contributed by atoms with Gasteiger partial charge in [0.05, 0.1) is 5.41 Å². The van der Waals surface area contributed by atoms with Gasteiger partial charge >= 0.3 is 5.69 Å². The number of carbonyl (C=O) groups is 1. The molecule has 2 atom stereocenters. The normalized spacial score (nSPS) is 32.0. The molecular weight excluding hydrogens is 444 g/mol. The van der Waals surface area contributed by atoms with E-state index in [1.54, 1.807) is 4.57 Å². The van der Waals surface area contributed by atoms with Crippen LogP contribution in [0.1, 0.15) is 71.0 Å². The van der Waals surface area contributed by atoms with E-state index in [2.05, 4.69) is 15.2 Å². The predicted octanol–water partition coefficient (Wildman–Crippen LogP) is 1.98. The van der Waals surface area contributed by atoms with Crippen LogP contribution in [0.3, 0.4) is 0 Å². The Balaban J connectivity index is 1.45. The van der Waals surface area contributed by atoms with Crippen LogP contribution in [0.2, 0.25) is 0 Å². The van der Waals surface area contributed by atoms with E-state index >= 15 is 0 Å². The lowest BCUT2D eigenvalue weighted by Crippen LogP contribution is -2.61. The first-order valence-electron chi connectivity index (χ1n) is 13.6. The summed E-state index contributed by atoms with van der Waals surface area (Å²) in [5.41, 5.74) is -0.134. The van der Waals surface area contributed by atoms with Crippen molar-refractivity contribution in [2.75, 3.05) is 26.2 Å². The molecule has 35 heavy (non-hydrogen) atoms. The predicted molar refractivity (Wildman–Crippen MR) is 133 cm³/mol. The van der Waals surface area contributed by atoms with Gasteiger partial charge in [-0.2, -0.15) is 0 Å². The molecule has 7 rings (SSSR count). The summed E-state index contributed by atoms with van der Waals surface area (Å²) in [6.07, 6.45) is 7.51. The summed E-state index contributed by atoms with van der Waals surface area (Å²) in [5.74, 6) is 2.20. The summed E-state index contributed by atoms with van der Waals surface area (Å²) < 4.78 is 3.03. The molecule has 190 valence electrons. The first-order chi connectivity index (χ1) is 16.9. The van der Waals surface area contributed by atoms with Crippen LogP contribution in [-0.2, 0) is 23.3 Å². The second-order valence-electron chi connectivity index (χ2n) is 11.7. The number of amides is 1. The third kappa shape index (κ3) is 3.44. The van der Waals surface area contributed by atoms with Gasteiger partial charge in [0.25, 0.3) is 5.56 Å². The number of imidazole rings is 1. The summed E-state index contributed by atoms with van der Waals surface area (Å²) in [6.45, 7) is 8.25. The van der Waals surface area contributed by atoms with Crippen molar-refractivity contribution in [1.82, 2.24) is 29.3 Å². The van der Waals surface area contributed by atoms with Gasteiger partial charge in [0, 0.05) is 44.7 Å². The molecule has 5 aliphatic rings. The molecular formula is C26H38N6O3. The van der Waals surface area contributed by atoms with Crippen LogP contribution < -0.4 is 16.6 Å². The molecule has 2 unspecified atom stereocenters. The highest BCUT2D eigenvalue weighted by Gasteiger charge is 2.62. The highest BCUT2D eigenvalue weighted by atomic mass is 16.2. The van der Waals surface area contributed by atoms with Crippen LogP contribution >= 0.6 is 0 Å². The number of aromatic nitrogens is 4. The lowest BCUT2D eigenvalue weighted by Gasteiger charge is -2.61. The van der Waals surface area contributed by atoms with E-state index in [1.807, 2.05) is 13.8 Å². The van der Waals surface area contributed by atoms with Crippen molar-refractivity contribution >= 4 is 17.1 Å². The number of aromatic amines is 1. The number of aryl methyl sites for hydroxylation is 1. The lowest BCUT2D eigenvalue weighted by molar-refractivity contribution is -0.161. The van der Waals surface area contributed by atoms with E-state index in [4.69, 9.17) is 4.98 Å². The summed E-state index contributed by atoms with van der Waals surface area (Å²) in [7, 11) is 0. The molecule has 0 aromatic carbocycles. The molecule has 0 radical (unpaired) electrons. The number of H-pyrrole nitrogens is 1. The Labute approximate surface area is 205 Å². The first kappa shape index (κ1) is 23.0. The number of rotatable bonds is 6. The van der Waals surface area contributed by atoms with Crippen LogP contribution in [0.4, 0.5) is 0 Å². The maximum Gasteiger partial charge on any atom is 0.332 e. The van der Waals surface area contributed by atoms with Crippen LogP contribution in [0.25, 0.3) is 11.2 Å². The van der Waals surface area contributed by atoms with Gasteiger partial charge in [-0.3, -0.25) is 18.7 Å². The molecule has 5 fully saturated rings. The molecule has 2 aromatic heterocycles. The van der Waals surface area contributed by atoms with E-state index in [9.17, 15) is 14.4 Å². The van der Waals surface area contributed by atoms with Crippen molar-refractivity contribution in [2.45, 2.75) is 83.7 Å². The summed E-state index contributed by atoms with van der Waals surface area (Å²) in [6, 6.07) is 0. The van der Waals surface area contributed by atoms with E-state index < -0.39 is 0 Å². The highest BCUT2D eigenvalue weighted by molar-refractivity contribution is 5.84. The summed E-state index contributed by atoms with van der Waals surface area (Å²) in [5, 5.41) is 3.36. The molecule has 2 aromatic rings. The number of fused-ring (bicyclic) bond motifs is 1. The van der Waals surface area contributed by atoms with Gasteiger partial charge in [0.2, 0.25) is 5.91 Å². The summed E-state index contributed by atoms with van der Waals surface area (Å²) in [4.78, 5) is 50.9. The third-order valence-electron chi connectivity index (χ3n) is 9.18. The molecule has 2 N–H and O–H groups in total. The zero-order valence-corrected chi connectivity index (χ0v) is 21.1. The van der Waals surface area contributed by atoms with Gasteiger partial charge in [0.15, 0.2) is 5.65 Å². The van der Waals surface area contributed by atoms with Crippen molar-refractivity contribution < 1.29 is 4.79 Å². The number of piperazine rings is 1. The maximum atomic E-state index is 13.9. The van der Waals surface area contributed by atoms with Gasteiger partial charge in [-0.15, -0.1) is 0 Å². The Bertz CT molecular complexity index is 1250. The third-order valence-corrected chi connectivity index (χ3v) is 9.18. The molecule has 1 amide bonds. The van der Waals surface area contributed by atoms with Crippen LogP contribution in [0.15, 0.2) is 9.59 Å². The van der Waals surface area contributed by atoms with Gasteiger partial charge in [-0.1, -0.05) is 13.8 Å².